The van der Waals surface area contributed by atoms with Gasteiger partial charge in [-0.25, -0.2) is 0 Å². The summed E-state index contributed by atoms with van der Waals surface area (Å²) in [5, 5.41) is 12.9. The van der Waals surface area contributed by atoms with Gasteiger partial charge in [-0.05, 0) is 37.4 Å². The zero-order valence-electron chi connectivity index (χ0n) is 8.75. The maximum atomic E-state index is 9.36. The fourth-order valence-electron chi connectivity index (χ4n) is 1.86. The highest BCUT2D eigenvalue weighted by Gasteiger charge is 2.47. The Balaban J connectivity index is 1.96. The standard InChI is InChI=1S/C11H18N2S/c1-2-14-8-11(7-12,9-3-4-9)13-10-5-6-10/h9-10,13H,2-6,8H2,1H3. The summed E-state index contributed by atoms with van der Waals surface area (Å²) in [7, 11) is 0. The van der Waals surface area contributed by atoms with Crippen LogP contribution in [-0.4, -0.2) is 23.1 Å². The molecule has 0 aromatic rings. The third kappa shape index (κ3) is 2.24. The fourth-order valence-corrected chi connectivity index (χ4v) is 2.77. The Morgan fingerprint density at radius 1 is 1.43 bits per heavy atom. The van der Waals surface area contributed by atoms with E-state index in [1.165, 1.54) is 25.7 Å². The van der Waals surface area contributed by atoms with Crippen molar-refractivity contribution in [2.24, 2.45) is 5.92 Å². The summed E-state index contributed by atoms with van der Waals surface area (Å²) in [5.74, 6) is 2.72. The van der Waals surface area contributed by atoms with E-state index in [1.54, 1.807) is 0 Å². The Bertz CT molecular complexity index is 240. The molecule has 1 atom stereocenters. The van der Waals surface area contributed by atoms with Gasteiger partial charge in [-0.2, -0.15) is 17.0 Å². The van der Waals surface area contributed by atoms with Gasteiger partial charge in [-0.1, -0.05) is 6.92 Å². The molecule has 0 heterocycles. The molecule has 0 amide bonds. The van der Waals surface area contributed by atoms with Gasteiger partial charge in [-0.3, -0.25) is 5.32 Å². The van der Waals surface area contributed by atoms with Crippen molar-refractivity contribution in [2.75, 3.05) is 11.5 Å². The second-order valence-corrected chi connectivity index (χ2v) is 5.69. The third-order valence-corrected chi connectivity index (χ3v) is 4.11. The Labute approximate surface area is 90.4 Å². The van der Waals surface area contributed by atoms with E-state index in [1.807, 2.05) is 11.8 Å². The van der Waals surface area contributed by atoms with E-state index >= 15 is 0 Å². The molecule has 0 bridgehead atoms. The van der Waals surface area contributed by atoms with Gasteiger partial charge < -0.3 is 0 Å². The van der Waals surface area contributed by atoms with Crippen LogP contribution in [0.3, 0.4) is 0 Å². The number of hydrogen-bond donors (Lipinski definition) is 1. The lowest BCUT2D eigenvalue weighted by Crippen LogP contribution is -2.49. The molecule has 78 valence electrons. The van der Waals surface area contributed by atoms with Crippen LogP contribution in [-0.2, 0) is 0 Å². The first-order chi connectivity index (χ1) is 6.80. The summed E-state index contributed by atoms with van der Waals surface area (Å²) in [6.45, 7) is 2.16. The molecule has 0 aliphatic heterocycles. The lowest BCUT2D eigenvalue weighted by atomic mass is 9.97. The molecule has 14 heavy (non-hydrogen) atoms. The normalized spacial score (nSPS) is 25.4. The highest BCUT2D eigenvalue weighted by molar-refractivity contribution is 7.99. The maximum absolute atomic E-state index is 9.36. The average molecular weight is 210 g/mol. The molecule has 2 saturated carbocycles. The number of nitrogens with one attached hydrogen (secondary N) is 1. The number of hydrogen-bond acceptors (Lipinski definition) is 3. The Hall–Kier alpha value is -0.200. The van der Waals surface area contributed by atoms with Crippen molar-refractivity contribution in [3.8, 4) is 6.07 Å². The van der Waals surface area contributed by atoms with E-state index in [4.69, 9.17) is 0 Å². The molecular formula is C11H18N2S. The molecule has 3 heteroatoms. The van der Waals surface area contributed by atoms with Crippen LogP contribution in [0, 0.1) is 17.2 Å². The molecule has 0 aromatic carbocycles. The van der Waals surface area contributed by atoms with Crippen LogP contribution in [0.15, 0.2) is 0 Å². The minimum atomic E-state index is -0.193. The van der Waals surface area contributed by atoms with Crippen molar-refractivity contribution in [2.45, 2.75) is 44.2 Å². The molecule has 0 radical (unpaired) electrons. The molecule has 2 aliphatic carbocycles. The van der Waals surface area contributed by atoms with E-state index in [9.17, 15) is 5.26 Å². The van der Waals surface area contributed by atoms with Crippen LogP contribution in [0.25, 0.3) is 0 Å². The highest BCUT2D eigenvalue weighted by atomic mass is 32.2. The molecule has 2 nitrogen and oxygen atoms in total. The zero-order chi connectivity index (χ0) is 10.0. The van der Waals surface area contributed by atoms with Crippen LogP contribution in [0.4, 0.5) is 0 Å². The fraction of sp³-hybridized carbons (Fsp3) is 0.909. The molecule has 0 aromatic heterocycles. The zero-order valence-corrected chi connectivity index (χ0v) is 9.57. The Kier molecular flexibility index (Phi) is 3.04. The topological polar surface area (TPSA) is 35.8 Å². The summed E-state index contributed by atoms with van der Waals surface area (Å²) >= 11 is 1.89. The van der Waals surface area contributed by atoms with Crippen molar-refractivity contribution in [3.63, 3.8) is 0 Å². The SMILES string of the molecule is CCSCC(C#N)(NC1CC1)C1CC1. The van der Waals surface area contributed by atoms with Crippen molar-refractivity contribution in [3.05, 3.63) is 0 Å². The quantitative estimate of drug-likeness (QED) is 0.730. The van der Waals surface area contributed by atoms with E-state index < -0.39 is 0 Å². The first kappa shape index (κ1) is 10.3. The highest BCUT2D eigenvalue weighted by Crippen LogP contribution is 2.42. The molecular weight excluding hydrogens is 192 g/mol. The molecule has 2 fully saturated rings. The van der Waals surface area contributed by atoms with Crippen molar-refractivity contribution >= 4 is 11.8 Å². The molecule has 0 spiro atoms. The molecule has 0 saturated heterocycles. The Morgan fingerprint density at radius 3 is 2.57 bits per heavy atom. The lowest BCUT2D eigenvalue weighted by Gasteiger charge is -2.27. The minimum absolute atomic E-state index is 0.193. The van der Waals surface area contributed by atoms with E-state index in [2.05, 4.69) is 18.3 Å². The van der Waals surface area contributed by atoms with Gasteiger partial charge in [0.05, 0.1) is 6.07 Å². The van der Waals surface area contributed by atoms with Gasteiger partial charge in [0.25, 0.3) is 0 Å². The lowest BCUT2D eigenvalue weighted by molar-refractivity contribution is 0.401. The minimum Gasteiger partial charge on any atom is -0.296 e. The summed E-state index contributed by atoms with van der Waals surface area (Å²) in [4.78, 5) is 0. The monoisotopic (exact) mass is 210 g/mol. The first-order valence-electron chi connectivity index (χ1n) is 5.57. The maximum Gasteiger partial charge on any atom is 0.118 e. The average Bonchev–Trinajstić information content (AvgIpc) is 3.02. The Morgan fingerprint density at radius 2 is 2.14 bits per heavy atom. The van der Waals surface area contributed by atoms with Gasteiger partial charge in [-0.15, -0.1) is 0 Å². The number of nitriles is 1. The summed E-state index contributed by atoms with van der Waals surface area (Å²) < 4.78 is 0. The van der Waals surface area contributed by atoms with Crippen LogP contribution in [0.5, 0.6) is 0 Å². The second-order valence-electron chi connectivity index (χ2n) is 4.41. The predicted molar refractivity (Wildman–Crippen MR) is 60.2 cm³/mol. The van der Waals surface area contributed by atoms with Crippen LogP contribution in [0.2, 0.25) is 0 Å². The number of thioether (sulfide) groups is 1. The van der Waals surface area contributed by atoms with E-state index in [0.29, 0.717) is 12.0 Å². The van der Waals surface area contributed by atoms with Crippen LogP contribution in [0.1, 0.15) is 32.6 Å². The van der Waals surface area contributed by atoms with Crippen LogP contribution >= 0.6 is 11.8 Å². The summed E-state index contributed by atoms with van der Waals surface area (Å²) in [5.41, 5.74) is -0.193. The van der Waals surface area contributed by atoms with Gasteiger partial charge in [0.1, 0.15) is 5.54 Å². The molecule has 1 N–H and O–H groups in total. The summed E-state index contributed by atoms with van der Waals surface area (Å²) in [6, 6.07) is 3.20. The largest absolute Gasteiger partial charge is 0.296 e. The van der Waals surface area contributed by atoms with E-state index in [-0.39, 0.29) is 5.54 Å². The molecule has 1 unspecified atom stereocenters. The predicted octanol–water partition coefficient (Wildman–Crippen LogP) is 2.16. The van der Waals surface area contributed by atoms with Gasteiger partial charge in [0, 0.05) is 11.8 Å². The van der Waals surface area contributed by atoms with Crippen molar-refractivity contribution < 1.29 is 0 Å². The first-order valence-corrected chi connectivity index (χ1v) is 6.73. The second kappa shape index (κ2) is 4.12. The summed E-state index contributed by atoms with van der Waals surface area (Å²) in [6.07, 6.45) is 5.04. The third-order valence-electron chi connectivity index (χ3n) is 3.05. The number of rotatable bonds is 6. The van der Waals surface area contributed by atoms with Crippen LogP contribution < -0.4 is 5.32 Å². The van der Waals surface area contributed by atoms with Crippen molar-refractivity contribution in [1.29, 1.82) is 5.26 Å². The van der Waals surface area contributed by atoms with E-state index in [0.717, 1.165) is 11.5 Å². The smallest absolute Gasteiger partial charge is 0.118 e. The van der Waals surface area contributed by atoms with Crippen molar-refractivity contribution in [1.82, 2.24) is 5.32 Å². The van der Waals surface area contributed by atoms with Gasteiger partial charge in [0.2, 0.25) is 0 Å². The molecule has 2 aliphatic rings. The van der Waals surface area contributed by atoms with Gasteiger partial charge >= 0.3 is 0 Å². The number of nitrogens with zero attached hydrogens (tertiary/aromatic N) is 1. The van der Waals surface area contributed by atoms with Gasteiger partial charge in [0.15, 0.2) is 0 Å². The molecule has 2 rings (SSSR count).